The number of para-hydroxylation sites is 1. The molecule has 0 bridgehead atoms. The number of nitrogens with one attached hydrogen (secondary N) is 1. The number of benzene rings is 2. The SMILES string of the molecule is O=C(Cn1nc(-c2ccccc2)ccc1=O)Nc1ccccc1-c1cccs1. The maximum absolute atomic E-state index is 12.6. The van der Waals surface area contributed by atoms with Gasteiger partial charge in [-0.1, -0.05) is 54.6 Å². The predicted molar refractivity (Wildman–Crippen MR) is 112 cm³/mol. The van der Waals surface area contributed by atoms with Gasteiger partial charge in [0.25, 0.3) is 5.56 Å². The van der Waals surface area contributed by atoms with Gasteiger partial charge >= 0.3 is 0 Å². The Morgan fingerprint density at radius 3 is 2.50 bits per heavy atom. The van der Waals surface area contributed by atoms with E-state index in [1.807, 2.05) is 72.1 Å². The minimum absolute atomic E-state index is 0.154. The van der Waals surface area contributed by atoms with Gasteiger partial charge in [0, 0.05) is 27.8 Å². The Morgan fingerprint density at radius 2 is 1.71 bits per heavy atom. The highest BCUT2D eigenvalue weighted by atomic mass is 32.1. The molecule has 0 radical (unpaired) electrons. The van der Waals surface area contributed by atoms with Gasteiger partial charge in [0.1, 0.15) is 6.54 Å². The molecule has 4 rings (SSSR count). The molecular weight excluding hydrogens is 370 g/mol. The van der Waals surface area contributed by atoms with Gasteiger partial charge in [0.05, 0.1) is 5.69 Å². The fourth-order valence-corrected chi connectivity index (χ4v) is 3.66. The van der Waals surface area contributed by atoms with Gasteiger partial charge in [-0.05, 0) is 23.6 Å². The van der Waals surface area contributed by atoms with Gasteiger partial charge in [-0.25, -0.2) is 4.68 Å². The number of thiophene rings is 1. The molecule has 2 aromatic heterocycles. The van der Waals surface area contributed by atoms with Gasteiger partial charge in [-0.2, -0.15) is 5.10 Å². The summed E-state index contributed by atoms with van der Waals surface area (Å²) in [6.45, 7) is -0.154. The third kappa shape index (κ3) is 3.92. The van der Waals surface area contributed by atoms with Crippen LogP contribution in [0.15, 0.2) is 89.0 Å². The van der Waals surface area contributed by atoms with E-state index >= 15 is 0 Å². The minimum atomic E-state index is -0.318. The molecule has 0 aliphatic heterocycles. The standard InChI is InChI=1S/C22H17N3O2S/c26-21(23-19-10-5-4-9-17(19)20-11-6-14-28-20)15-25-22(27)13-12-18(24-25)16-7-2-1-3-8-16/h1-14H,15H2,(H,23,26). The smallest absolute Gasteiger partial charge is 0.267 e. The van der Waals surface area contributed by atoms with Crippen LogP contribution in [-0.4, -0.2) is 15.7 Å². The number of hydrogen-bond donors (Lipinski definition) is 1. The summed E-state index contributed by atoms with van der Waals surface area (Å²) in [5, 5.41) is 9.24. The zero-order valence-electron chi connectivity index (χ0n) is 14.9. The molecule has 1 N–H and O–H groups in total. The molecule has 2 aromatic carbocycles. The number of anilines is 1. The van der Waals surface area contributed by atoms with Crippen LogP contribution in [0.5, 0.6) is 0 Å². The zero-order chi connectivity index (χ0) is 19.3. The summed E-state index contributed by atoms with van der Waals surface area (Å²) in [6.07, 6.45) is 0. The number of rotatable bonds is 5. The second-order valence-corrected chi connectivity index (χ2v) is 7.10. The average molecular weight is 387 g/mol. The van der Waals surface area contributed by atoms with Crippen molar-refractivity contribution in [2.75, 3.05) is 5.32 Å². The molecule has 0 fully saturated rings. The third-order valence-corrected chi connectivity index (χ3v) is 5.12. The number of hydrogen-bond acceptors (Lipinski definition) is 4. The molecule has 0 unspecified atom stereocenters. The monoisotopic (exact) mass is 387 g/mol. The van der Waals surface area contributed by atoms with Crippen LogP contribution in [-0.2, 0) is 11.3 Å². The van der Waals surface area contributed by atoms with Gasteiger partial charge in [-0.3, -0.25) is 9.59 Å². The summed E-state index contributed by atoms with van der Waals surface area (Å²) in [6, 6.07) is 24.2. The summed E-state index contributed by atoms with van der Waals surface area (Å²) in [4.78, 5) is 25.8. The minimum Gasteiger partial charge on any atom is -0.324 e. The molecule has 6 heteroatoms. The summed E-state index contributed by atoms with van der Waals surface area (Å²) in [5.41, 5.74) is 2.87. The van der Waals surface area contributed by atoms with Crippen LogP contribution in [0.25, 0.3) is 21.7 Å². The Kier molecular flexibility index (Phi) is 5.12. The lowest BCUT2D eigenvalue weighted by Gasteiger charge is -2.11. The number of carbonyl (C=O) groups is 1. The van der Waals surface area contributed by atoms with Crippen LogP contribution >= 0.6 is 11.3 Å². The first-order valence-electron chi connectivity index (χ1n) is 8.77. The van der Waals surface area contributed by atoms with E-state index in [0.717, 1.165) is 16.0 Å². The van der Waals surface area contributed by atoms with Crippen LogP contribution < -0.4 is 10.9 Å². The lowest BCUT2D eigenvalue weighted by molar-refractivity contribution is -0.117. The second kappa shape index (κ2) is 8.02. The van der Waals surface area contributed by atoms with Crippen molar-refractivity contribution in [2.24, 2.45) is 0 Å². The number of aromatic nitrogens is 2. The van der Waals surface area contributed by atoms with Gasteiger partial charge in [-0.15, -0.1) is 11.3 Å². The molecular formula is C22H17N3O2S. The highest BCUT2D eigenvalue weighted by Gasteiger charge is 2.11. The first-order valence-corrected chi connectivity index (χ1v) is 9.65. The molecule has 2 heterocycles. The molecule has 28 heavy (non-hydrogen) atoms. The summed E-state index contributed by atoms with van der Waals surface area (Å²) < 4.78 is 1.19. The lowest BCUT2D eigenvalue weighted by Crippen LogP contribution is -2.29. The van der Waals surface area contributed by atoms with Crippen LogP contribution in [0.3, 0.4) is 0 Å². The molecule has 0 aliphatic carbocycles. The van der Waals surface area contributed by atoms with Crippen molar-refractivity contribution in [1.82, 2.24) is 9.78 Å². The topological polar surface area (TPSA) is 64.0 Å². The van der Waals surface area contributed by atoms with E-state index in [1.54, 1.807) is 17.4 Å². The highest BCUT2D eigenvalue weighted by Crippen LogP contribution is 2.31. The molecule has 0 saturated carbocycles. The van der Waals surface area contributed by atoms with E-state index in [1.165, 1.54) is 10.7 Å². The van der Waals surface area contributed by atoms with Crippen molar-refractivity contribution >= 4 is 22.9 Å². The van der Waals surface area contributed by atoms with Crippen LogP contribution in [0.1, 0.15) is 0 Å². The Hall–Kier alpha value is -3.51. The second-order valence-electron chi connectivity index (χ2n) is 6.15. The normalized spacial score (nSPS) is 10.6. The molecule has 1 amide bonds. The van der Waals surface area contributed by atoms with E-state index in [-0.39, 0.29) is 18.0 Å². The summed E-state index contributed by atoms with van der Waals surface area (Å²) in [7, 11) is 0. The van der Waals surface area contributed by atoms with Crippen LogP contribution in [0.4, 0.5) is 5.69 Å². The van der Waals surface area contributed by atoms with E-state index in [9.17, 15) is 9.59 Å². The lowest BCUT2D eigenvalue weighted by atomic mass is 10.1. The Bertz CT molecular complexity index is 1150. The number of amides is 1. The van der Waals surface area contributed by atoms with Crippen LogP contribution in [0, 0.1) is 0 Å². The van der Waals surface area contributed by atoms with E-state index in [4.69, 9.17) is 0 Å². The molecule has 0 aliphatic rings. The highest BCUT2D eigenvalue weighted by molar-refractivity contribution is 7.13. The maximum Gasteiger partial charge on any atom is 0.267 e. The first kappa shape index (κ1) is 17.9. The molecule has 0 spiro atoms. The van der Waals surface area contributed by atoms with E-state index in [2.05, 4.69) is 10.4 Å². The Labute approximate surface area is 165 Å². The van der Waals surface area contributed by atoms with E-state index < -0.39 is 0 Å². The van der Waals surface area contributed by atoms with Gasteiger partial charge < -0.3 is 5.32 Å². The summed E-state index contributed by atoms with van der Waals surface area (Å²) >= 11 is 1.60. The molecule has 5 nitrogen and oxygen atoms in total. The average Bonchev–Trinajstić information content (AvgIpc) is 3.25. The van der Waals surface area contributed by atoms with Crippen molar-refractivity contribution in [3.63, 3.8) is 0 Å². The van der Waals surface area contributed by atoms with Crippen molar-refractivity contribution in [3.05, 3.63) is 94.6 Å². The zero-order valence-corrected chi connectivity index (χ0v) is 15.7. The fourth-order valence-electron chi connectivity index (χ4n) is 2.89. The fraction of sp³-hybridized carbons (Fsp3) is 0.0455. The number of carbonyl (C=O) groups excluding carboxylic acids is 1. The van der Waals surface area contributed by atoms with Gasteiger partial charge in [0.2, 0.25) is 5.91 Å². The van der Waals surface area contributed by atoms with Crippen molar-refractivity contribution < 1.29 is 4.79 Å². The van der Waals surface area contributed by atoms with Crippen LogP contribution in [0.2, 0.25) is 0 Å². The third-order valence-electron chi connectivity index (χ3n) is 4.22. The molecule has 0 saturated heterocycles. The van der Waals surface area contributed by atoms with Crippen molar-refractivity contribution in [1.29, 1.82) is 0 Å². The predicted octanol–water partition coefficient (Wildman–Crippen LogP) is 4.28. The van der Waals surface area contributed by atoms with Crippen molar-refractivity contribution in [2.45, 2.75) is 6.54 Å². The first-order chi connectivity index (χ1) is 13.7. The Morgan fingerprint density at radius 1 is 0.929 bits per heavy atom. The van der Waals surface area contributed by atoms with Crippen molar-refractivity contribution in [3.8, 4) is 21.7 Å². The summed E-state index contributed by atoms with van der Waals surface area (Å²) in [5.74, 6) is -0.302. The van der Waals surface area contributed by atoms with E-state index in [0.29, 0.717) is 11.4 Å². The molecule has 0 atom stereocenters. The quantitative estimate of drug-likeness (QED) is 0.556. The maximum atomic E-state index is 12.6. The van der Waals surface area contributed by atoms with Gasteiger partial charge in [0.15, 0.2) is 0 Å². The molecule has 138 valence electrons. The number of nitrogens with zero attached hydrogens (tertiary/aromatic N) is 2. The Balaban J connectivity index is 1.56. The molecule has 4 aromatic rings. The largest absolute Gasteiger partial charge is 0.324 e.